The first kappa shape index (κ1) is 21.5. The van der Waals surface area contributed by atoms with Crippen molar-refractivity contribution in [1.29, 1.82) is 0 Å². The molecule has 0 saturated carbocycles. The molecule has 0 aromatic heterocycles. The van der Waals surface area contributed by atoms with Crippen LogP contribution in [0.1, 0.15) is 105 Å². The fraction of sp³-hybridized carbons (Fsp3) is 0.950. The number of unbranched alkanes of at least 4 members (excludes halogenated alkanes) is 2. The Morgan fingerprint density at radius 1 is 0.773 bits per heavy atom. The van der Waals surface area contributed by atoms with E-state index in [9.17, 15) is 0 Å². The first-order chi connectivity index (χ1) is 10.6. The molecule has 0 radical (unpaired) electrons. The van der Waals surface area contributed by atoms with Gasteiger partial charge < -0.3 is 5.73 Å². The molecule has 0 heterocycles. The molecule has 132 valence electrons. The Bertz CT molecular complexity index is 269. The second kappa shape index (κ2) is 14.1. The molecule has 2 atom stereocenters. The van der Waals surface area contributed by atoms with E-state index in [-0.39, 0.29) is 0 Å². The Kier molecular flexibility index (Phi) is 13.7. The highest BCUT2D eigenvalue weighted by Gasteiger charge is 2.21. The molecule has 0 spiro atoms. The van der Waals surface area contributed by atoms with Crippen molar-refractivity contribution in [1.82, 2.24) is 0 Å². The number of hydrogen-bond donors (Lipinski definition) is 1. The minimum atomic E-state index is 0.423. The monoisotopic (exact) mass is 310 g/mol. The van der Waals surface area contributed by atoms with E-state index in [2.05, 4.69) is 34.6 Å². The molecule has 0 rings (SSSR count). The molecule has 0 aliphatic rings. The summed E-state index contributed by atoms with van der Waals surface area (Å²) >= 11 is 0. The summed E-state index contributed by atoms with van der Waals surface area (Å²) in [5.74, 6) is 2.48. The first-order valence-electron chi connectivity index (χ1n) is 9.94. The zero-order valence-electron chi connectivity index (χ0n) is 16.0. The largest absolute Gasteiger partial charge is 0.387 e. The van der Waals surface area contributed by atoms with Gasteiger partial charge in [-0.2, -0.15) is 0 Å². The Balaban J connectivity index is 4.74. The maximum Gasteiger partial charge on any atom is 0.0943 e. The van der Waals surface area contributed by atoms with Crippen LogP contribution in [0, 0.1) is 11.8 Å². The van der Waals surface area contributed by atoms with Gasteiger partial charge in [0.15, 0.2) is 0 Å². The highest BCUT2D eigenvalue weighted by Crippen LogP contribution is 2.30. The van der Waals surface area contributed by atoms with Crippen molar-refractivity contribution >= 4 is 5.84 Å². The van der Waals surface area contributed by atoms with E-state index in [0.29, 0.717) is 6.04 Å². The molecule has 2 unspecified atom stereocenters. The number of rotatable bonds is 14. The van der Waals surface area contributed by atoms with Crippen LogP contribution in [-0.4, -0.2) is 11.9 Å². The standard InChI is InChI=1S/C20H42N2/c1-6-11-12-15-17(13-7-2)18(14-8-3)16-20(21)22-19(9-4)10-5/h17-19H,6-16H2,1-5H3,(H2,21,22). The van der Waals surface area contributed by atoms with Gasteiger partial charge in [-0.1, -0.05) is 86.0 Å². The van der Waals surface area contributed by atoms with E-state index < -0.39 is 0 Å². The minimum Gasteiger partial charge on any atom is -0.387 e. The van der Waals surface area contributed by atoms with Crippen molar-refractivity contribution in [2.45, 2.75) is 111 Å². The van der Waals surface area contributed by atoms with Gasteiger partial charge in [0.1, 0.15) is 0 Å². The van der Waals surface area contributed by atoms with Crippen molar-refractivity contribution in [3.63, 3.8) is 0 Å². The number of amidine groups is 1. The Hall–Kier alpha value is -0.530. The van der Waals surface area contributed by atoms with Gasteiger partial charge in [-0.15, -0.1) is 0 Å². The predicted molar refractivity (Wildman–Crippen MR) is 102 cm³/mol. The van der Waals surface area contributed by atoms with Gasteiger partial charge in [0.05, 0.1) is 11.9 Å². The zero-order valence-corrected chi connectivity index (χ0v) is 16.0. The molecule has 0 aromatic rings. The molecular weight excluding hydrogens is 268 g/mol. The summed E-state index contributed by atoms with van der Waals surface area (Å²) in [6, 6.07) is 0.423. The number of aliphatic imine (C=N–C) groups is 1. The molecule has 0 bridgehead atoms. The van der Waals surface area contributed by atoms with Crippen LogP contribution in [0.5, 0.6) is 0 Å². The minimum absolute atomic E-state index is 0.423. The van der Waals surface area contributed by atoms with Crippen LogP contribution in [0.3, 0.4) is 0 Å². The Labute approximate surface area is 140 Å². The molecule has 0 fully saturated rings. The molecule has 0 aliphatic carbocycles. The second-order valence-corrected chi connectivity index (χ2v) is 6.89. The third-order valence-electron chi connectivity index (χ3n) is 4.93. The summed E-state index contributed by atoms with van der Waals surface area (Å²) in [5, 5.41) is 0. The van der Waals surface area contributed by atoms with Crippen molar-refractivity contribution in [3.05, 3.63) is 0 Å². The first-order valence-corrected chi connectivity index (χ1v) is 9.94. The third-order valence-corrected chi connectivity index (χ3v) is 4.93. The maximum absolute atomic E-state index is 6.30. The molecule has 2 N–H and O–H groups in total. The quantitative estimate of drug-likeness (QED) is 0.227. The average Bonchev–Trinajstić information content (AvgIpc) is 2.51. The second-order valence-electron chi connectivity index (χ2n) is 6.89. The van der Waals surface area contributed by atoms with Gasteiger partial charge in [0, 0.05) is 6.42 Å². The Morgan fingerprint density at radius 3 is 1.86 bits per heavy atom. The lowest BCUT2D eigenvalue weighted by Crippen LogP contribution is -2.25. The predicted octanol–water partition coefficient (Wildman–Crippen LogP) is 6.34. The average molecular weight is 311 g/mol. The third kappa shape index (κ3) is 9.48. The lowest BCUT2D eigenvalue weighted by atomic mass is 9.79. The number of hydrogen-bond acceptors (Lipinski definition) is 1. The van der Waals surface area contributed by atoms with Crippen LogP contribution in [-0.2, 0) is 0 Å². The summed E-state index contributed by atoms with van der Waals surface area (Å²) in [5.41, 5.74) is 6.30. The zero-order chi connectivity index (χ0) is 16.8. The van der Waals surface area contributed by atoms with E-state index in [1.54, 1.807) is 0 Å². The van der Waals surface area contributed by atoms with Gasteiger partial charge in [-0.3, -0.25) is 4.99 Å². The molecule has 2 heteroatoms. The Morgan fingerprint density at radius 2 is 1.36 bits per heavy atom. The molecule has 0 amide bonds. The fourth-order valence-electron chi connectivity index (χ4n) is 3.55. The van der Waals surface area contributed by atoms with E-state index in [4.69, 9.17) is 10.7 Å². The molecule has 0 saturated heterocycles. The van der Waals surface area contributed by atoms with E-state index >= 15 is 0 Å². The highest BCUT2D eigenvalue weighted by atomic mass is 14.9. The van der Waals surface area contributed by atoms with Crippen LogP contribution >= 0.6 is 0 Å². The summed E-state index contributed by atoms with van der Waals surface area (Å²) in [4.78, 5) is 4.77. The van der Waals surface area contributed by atoms with Crippen molar-refractivity contribution in [2.75, 3.05) is 0 Å². The van der Waals surface area contributed by atoms with Crippen LogP contribution in [0.2, 0.25) is 0 Å². The topological polar surface area (TPSA) is 38.4 Å². The van der Waals surface area contributed by atoms with Gasteiger partial charge >= 0.3 is 0 Å². The van der Waals surface area contributed by atoms with Crippen LogP contribution in [0.15, 0.2) is 4.99 Å². The normalized spacial score (nSPS) is 15.3. The molecular formula is C20H42N2. The van der Waals surface area contributed by atoms with E-state index in [0.717, 1.165) is 36.9 Å². The van der Waals surface area contributed by atoms with Gasteiger partial charge in [-0.25, -0.2) is 0 Å². The summed E-state index contributed by atoms with van der Waals surface area (Å²) in [7, 11) is 0. The van der Waals surface area contributed by atoms with Gasteiger partial charge in [-0.05, 0) is 24.7 Å². The smallest absolute Gasteiger partial charge is 0.0943 e. The van der Waals surface area contributed by atoms with Crippen molar-refractivity contribution in [3.8, 4) is 0 Å². The summed E-state index contributed by atoms with van der Waals surface area (Å²) in [6.07, 6.45) is 13.9. The highest BCUT2D eigenvalue weighted by molar-refractivity contribution is 5.80. The van der Waals surface area contributed by atoms with Crippen LogP contribution < -0.4 is 5.73 Å². The SMILES string of the molecule is CCCCCC(CCC)C(CCC)CC(N)=NC(CC)CC. The van der Waals surface area contributed by atoms with Crippen molar-refractivity contribution < 1.29 is 0 Å². The van der Waals surface area contributed by atoms with E-state index in [1.807, 2.05) is 0 Å². The number of nitrogens with zero attached hydrogens (tertiary/aromatic N) is 1. The van der Waals surface area contributed by atoms with Gasteiger partial charge in [0.25, 0.3) is 0 Å². The molecule has 2 nitrogen and oxygen atoms in total. The van der Waals surface area contributed by atoms with E-state index in [1.165, 1.54) is 51.4 Å². The lowest BCUT2D eigenvalue weighted by molar-refractivity contribution is 0.272. The fourth-order valence-corrected chi connectivity index (χ4v) is 3.55. The maximum atomic E-state index is 6.30. The molecule has 0 aliphatic heterocycles. The van der Waals surface area contributed by atoms with Crippen LogP contribution in [0.4, 0.5) is 0 Å². The summed E-state index contributed by atoms with van der Waals surface area (Å²) in [6.45, 7) is 11.3. The molecule has 22 heavy (non-hydrogen) atoms. The van der Waals surface area contributed by atoms with Gasteiger partial charge in [0.2, 0.25) is 0 Å². The van der Waals surface area contributed by atoms with Crippen molar-refractivity contribution in [2.24, 2.45) is 22.6 Å². The van der Waals surface area contributed by atoms with Crippen LogP contribution in [0.25, 0.3) is 0 Å². The number of nitrogens with two attached hydrogens (primary N) is 1. The summed E-state index contributed by atoms with van der Waals surface area (Å²) < 4.78 is 0. The molecule has 0 aromatic carbocycles. The lowest BCUT2D eigenvalue weighted by Gasteiger charge is -2.27.